The lowest BCUT2D eigenvalue weighted by molar-refractivity contribution is -0.114. The van der Waals surface area contributed by atoms with E-state index in [-0.39, 0.29) is 17.3 Å². The molecule has 1 aromatic carbocycles. The largest absolute Gasteiger partial charge is 0.318 e. The highest BCUT2D eigenvalue weighted by Crippen LogP contribution is 2.31. The molecule has 1 N–H and O–H groups in total. The summed E-state index contributed by atoms with van der Waals surface area (Å²) in [4.78, 5) is 17.0. The molecule has 2 aliphatic heterocycles. The first kappa shape index (κ1) is 22.3. The number of nitrogens with one attached hydrogen (secondary N) is 1. The van der Waals surface area contributed by atoms with E-state index in [4.69, 9.17) is 5.41 Å². The zero-order valence-corrected chi connectivity index (χ0v) is 19.7. The van der Waals surface area contributed by atoms with E-state index in [0.29, 0.717) is 5.17 Å². The van der Waals surface area contributed by atoms with Crippen molar-refractivity contribution in [3.05, 3.63) is 58.9 Å². The molecular weight excluding hydrogens is 418 g/mol. The van der Waals surface area contributed by atoms with Gasteiger partial charge in [0.05, 0.1) is 5.57 Å². The van der Waals surface area contributed by atoms with E-state index in [2.05, 4.69) is 33.7 Å². The second-order valence-electron chi connectivity index (χ2n) is 8.18. The van der Waals surface area contributed by atoms with Gasteiger partial charge in [-0.3, -0.25) is 10.2 Å². The molecule has 2 aromatic rings. The molecule has 0 saturated carbocycles. The zero-order valence-electron chi connectivity index (χ0n) is 18.9. The quantitative estimate of drug-likeness (QED) is 0.394. The Hall–Kier alpha value is -2.93. The van der Waals surface area contributed by atoms with Gasteiger partial charge in [0.15, 0.2) is 5.84 Å². The third kappa shape index (κ3) is 4.48. The van der Waals surface area contributed by atoms with Crippen LogP contribution in [0.3, 0.4) is 0 Å². The average Bonchev–Trinajstić information content (AvgIpc) is 3.31. The van der Waals surface area contributed by atoms with Gasteiger partial charge in [0, 0.05) is 17.1 Å². The number of fused-ring (bicyclic) bond motifs is 1. The molecule has 2 aliphatic rings. The number of hydrazone groups is 1. The maximum atomic E-state index is 12.8. The first-order chi connectivity index (χ1) is 15.5. The summed E-state index contributed by atoms with van der Waals surface area (Å²) in [5.41, 5.74) is 4.34. The lowest BCUT2D eigenvalue weighted by Gasteiger charge is -2.20. The van der Waals surface area contributed by atoms with Crippen molar-refractivity contribution in [1.82, 2.24) is 9.58 Å². The number of aromatic nitrogens is 1. The van der Waals surface area contributed by atoms with Gasteiger partial charge in [0.1, 0.15) is 5.04 Å². The van der Waals surface area contributed by atoms with Gasteiger partial charge in [-0.2, -0.15) is 15.1 Å². The van der Waals surface area contributed by atoms with Crippen LogP contribution in [-0.4, -0.2) is 31.5 Å². The second-order valence-corrected chi connectivity index (χ2v) is 9.22. The van der Waals surface area contributed by atoms with E-state index in [1.54, 1.807) is 6.08 Å². The summed E-state index contributed by atoms with van der Waals surface area (Å²) < 4.78 is 2.15. The van der Waals surface area contributed by atoms with Crippen LogP contribution in [0.4, 0.5) is 0 Å². The van der Waals surface area contributed by atoms with Crippen molar-refractivity contribution in [1.29, 1.82) is 5.41 Å². The SMILES string of the molecule is CCCCCCCC1=NN2C(=N)/C(=C\c3cc(C)n(-c4ccccc4)c3C)C(=O)N=C2S1. The number of carbonyl (C=O) groups excluding carboxylic acids is 1. The highest BCUT2D eigenvalue weighted by atomic mass is 32.2. The lowest BCUT2D eigenvalue weighted by Crippen LogP contribution is -2.35. The Kier molecular flexibility index (Phi) is 6.74. The number of thioether (sulfide) groups is 1. The number of benzene rings is 1. The van der Waals surface area contributed by atoms with E-state index in [1.165, 1.54) is 42.5 Å². The van der Waals surface area contributed by atoms with E-state index in [1.807, 2.05) is 38.1 Å². The van der Waals surface area contributed by atoms with Crippen LogP contribution in [0.2, 0.25) is 0 Å². The molecule has 166 valence electrons. The van der Waals surface area contributed by atoms with Gasteiger partial charge in [-0.1, -0.05) is 50.8 Å². The molecule has 0 bridgehead atoms. The Morgan fingerprint density at radius 1 is 1.09 bits per heavy atom. The second kappa shape index (κ2) is 9.69. The van der Waals surface area contributed by atoms with Crippen LogP contribution in [0.5, 0.6) is 0 Å². The van der Waals surface area contributed by atoms with Crippen LogP contribution < -0.4 is 0 Å². The minimum Gasteiger partial charge on any atom is -0.318 e. The monoisotopic (exact) mass is 447 g/mol. The molecule has 1 amide bonds. The number of aliphatic imine (C=N–C) groups is 1. The molecule has 1 aromatic heterocycles. The normalized spacial score (nSPS) is 17.1. The summed E-state index contributed by atoms with van der Waals surface area (Å²) in [6, 6.07) is 12.2. The Balaban J connectivity index is 1.55. The number of hydrogen-bond donors (Lipinski definition) is 1. The zero-order chi connectivity index (χ0) is 22.7. The summed E-state index contributed by atoms with van der Waals surface area (Å²) in [5, 5.41) is 16.2. The number of nitrogens with zero attached hydrogens (tertiary/aromatic N) is 4. The summed E-state index contributed by atoms with van der Waals surface area (Å²) in [6.07, 6.45) is 8.61. The average molecular weight is 448 g/mol. The number of aryl methyl sites for hydroxylation is 1. The van der Waals surface area contributed by atoms with Crippen molar-refractivity contribution < 1.29 is 4.79 Å². The van der Waals surface area contributed by atoms with Gasteiger partial charge in [-0.15, -0.1) is 0 Å². The Morgan fingerprint density at radius 2 is 1.84 bits per heavy atom. The fraction of sp³-hybridized carbons (Fsp3) is 0.360. The van der Waals surface area contributed by atoms with Crippen LogP contribution in [-0.2, 0) is 4.79 Å². The number of unbranched alkanes of at least 4 members (excludes halogenated alkanes) is 4. The molecular formula is C25H29N5OS. The van der Waals surface area contributed by atoms with E-state index in [9.17, 15) is 4.79 Å². The smallest absolute Gasteiger partial charge is 0.283 e. The highest BCUT2D eigenvalue weighted by molar-refractivity contribution is 8.26. The molecule has 6 nitrogen and oxygen atoms in total. The number of hydrogen-bond acceptors (Lipinski definition) is 4. The number of rotatable bonds is 8. The molecule has 0 radical (unpaired) electrons. The summed E-state index contributed by atoms with van der Waals surface area (Å²) in [7, 11) is 0. The standard InChI is InChI=1S/C25H29N5OS/c1-4-5-6-7-11-14-22-28-30-23(26)21(24(31)27-25(30)32-22)16-19-15-17(2)29(18(19)3)20-12-9-8-10-13-20/h8-10,12-13,15-16,26H,4-7,11,14H2,1-3H3/b21-16+,26-23?. The third-order valence-electron chi connectivity index (χ3n) is 5.78. The molecule has 0 aliphatic carbocycles. The minimum absolute atomic E-state index is 0.0954. The minimum atomic E-state index is -0.377. The Labute approximate surface area is 193 Å². The summed E-state index contributed by atoms with van der Waals surface area (Å²) >= 11 is 1.41. The number of amides is 1. The molecule has 0 atom stereocenters. The van der Waals surface area contributed by atoms with Gasteiger partial charge in [-0.25, -0.2) is 0 Å². The fourth-order valence-corrected chi connectivity index (χ4v) is 5.00. The van der Waals surface area contributed by atoms with Crippen LogP contribution in [0, 0.1) is 19.3 Å². The molecule has 7 heteroatoms. The molecule has 4 rings (SSSR count). The topological polar surface area (TPSA) is 73.8 Å². The summed E-state index contributed by atoms with van der Waals surface area (Å²) in [6.45, 7) is 6.28. The molecule has 0 fully saturated rings. The first-order valence-corrected chi connectivity index (χ1v) is 12.0. The molecule has 0 unspecified atom stereocenters. The molecule has 0 spiro atoms. The van der Waals surface area contributed by atoms with Crippen molar-refractivity contribution in [2.45, 2.75) is 59.3 Å². The van der Waals surface area contributed by atoms with Crippen molar-refractivity contribution in [3.8, 4) is 5.69 Å². The van der Waals surface area contributed by atoms with Crippen molar-refractivity contribution in [3.63, 3.8) is 0 Å². The Morgan fingerprint density at radius 3 is 2.59 bits per heavy atom. The summed E-state index contributed by atoms with van der Waals surface area (Å²) in [5.74, 6) is -0.282. The lowest BCUT2D eigenvalue weighted by atomic mass is 10.1. The Bertz CT molecular complexity index is 1130. The van der Waals surface area contributed by atoms with Gasteiger partial charge in [-0.05, 0) is 68.3 Å². The fourth-order valence-electron chi connectivity index (χ4n) is 4.08. The molecule has 3 heterocycles. The van der Waals surface area contributed by atoms with Crippen molar-refractivity contribution in [2.75, 3.05) is 0 Å². The maximum absolute atomic E-state index is 12.8. The van der Waals surface area contributed by atoms with E-state index < -0.39 is 0 Å². The first-order valence-electron chi connectivity index (χ1n) is 11.2. The van der Waals surface area contributed by atoms with E-state index in [0.717, 1.165) is 40.5 Å². The predicted octanol–water partition coefficient (Wildman–Crippen LogP) is 6.07. The van der Waals surface area contributed by atoms with Gasteiger partial charge < -0.3 is 4.57 Å². The number of amidine groups is 2. The third-order valence-corrected chi connectivity index (χ3v) is 6.74. The van der Waals surface area contributed by atoms with Crippen molar-refractivity contribution >= 4 is 39.8 Å². The number of para-hydroxylation sites is 1. The molecule has 32 heavy (non-hydrogen) atoms. The van der Waals surface area contributed by atoms with Gasteiger partial charge >= 0.3 is 0 Å². The van der Waals surface area contributed by atoms with Gasteiger partial charge in [0.2, 0.25) is 5.17 Å². The van der Waals surface area contributed by atoms with Gasteiger partial charge in [0.25, 0.3) is 5.91 Å². The molecule has 0 saturated heterocycles. The van der Waals surface area contributed by atoms with E-state index >= 15 is 0 Å². The van der Waals surface area contributed by atoms with Crippen LogP contribution in [0.25, 0.3) is 11.8 Å². The van der Waals surface area contributed by atoms with Crippen LogP contribution >= 0.6 is 11.8 Å². The predicted molar refractivity (Wildman–Crippen MR) is 134 cm³/mol. The number of carbonyl (C=O) groups is 1. The van der Waals surface area contributed by atoms with Crippen LogP contribution in [0.1, 0.15) is 62.4 Å². The van der Waals surface area contributed by atoms with Crippen LogP contribution in [0.15, 0.2) is 52.1 Å². The highest BCUT2D eigenvalue weighted by Gasteiger charge is 2.35. The maximum Gasteiger partial charge on any atom is 0.283 e. The van der Waals surface area contributed by atoms with Crippen molar-refractivity contribution in [2.24, 2.45) is 10.1 Å².